The summed E-state index contributed by atoms with van der Waals surface area (Å²) in [6.07, 6.45) is -5.53. The molecule has 21 heavy (non-hydrogen) atoms. The van der Waals surface area contributed by atoms with Crippen LogP contribution in [0.15, 0.2) is 16.5 Å². The van der Waals surface area contributed by atoms with Crippen LogP contribution < -0.4 is 5.73 Å². The van der Waals surface area contributed by atoms with Crippen LogP contribution in [0.3, 0.4) is 0 Å². The van der Waals surface area contributed by atoms with Crippen LogP contribution in [0.5, 0.6) is 0 Å². The second-order valence-corrected chi connectivity index (χ2v) is 7.51. The lowest BCUT2D eigenvalue weighted by molar-refractivity contribution is -0.127. The summed E-state index contributed by atoms with van der Waals surface area (Å²) < 4.78 is 52.6. The standard InChI is InChI=1S/C13H18F3N3OS/c1-8(19-21(20)12(2,3)4)11-6-9(17)5-10(18-11)7-13(14,15)16/h5-6H,7H2,1-4H3,(H2,17,18)/t21-/m1/s1. The molecule has 1 aromatic rings. The van der Waals surface area contributed by atoms with Crippen LogP contribution in [0.4, 0.5) is 18.9 Å². The van der Waals surface area contributed by atoms with Gasteiger partial charge < -0.3 is 5.73 Å². The molecule has 0 saturated carbocycles. The maximum absolute atomic E-state index is 12.4. The summed E-state index contributed by atoms with van der Waals surface area (Å²) >= 11 is 0. The molecule has 1 rings (SSSR count). The van der Waals surface area contributed by atoms with Crippen LogP contribution in [0.2, 0.25) is 0 Å². The molecule has 4 nitrogen and oxygen atoms in total. The van der Waals surface area contributed by atoms with E-state index >= 15 is 0 Å². The Balaban J connectivity index is 3.14. The SMILES string of the molecule is CC(=N[S@](=O)C(C)(C)C)c1cc(N)cc(CC(F)(F)F)n1. The predicted molar refractivity (Wildman–Crippen MR) is 78.5 cm³/mol. The van der Waals surface area contributed by atoms with E-state index in [-0.39, 0.29) is 17.1 Å². The van der Waals surface area contributed by atoms with Gasteiger partial charge in [0.25, 0.3) is 0 Å². The van der Waals surface area contributed by atoms with Gasteiger partial charge in [-0.2, -0.15) is 17.6 Å². The Morgan fingerprint density at radius 2 is 1.90 bits per heavy atom. The van der Waals surface area contributed by atoms with Gasteiger partial charge in [-0.3, -0.25) is 4.98 Å². The van der Waals surface area contributed by atoms with Crippen molar-refractivity contribution in [1.82, 2.24) is 4.98 Å². The van der Waals surface area contributed by atoms with Gasteiger partial charge in [-0.25, -0.2) is 4.21 Å². The Hall–Kier alpha value is -1.44. The van der Waals surface area contributed by atoms with Crippen molar-refractivity contribution < 1.29 is 17.4 Å². The van der Waals surface area contributed by atoms with Gasteiger partial charge in [0.05, 0.1) is 28.3 Å². The first-order valence-electron chi connectivity index (χ1n) is 6.19. The van der Waals surface area contributed by atoms with E-state index in [0.717, 1.165) is 0 Å². The molecule has 1 heterocycles. The number of rotatable bonds is 3. The highest BCUT2D eigenvalue weighted by atomic mass is 32.2. The van der Waals surface area contributed by atoms with Crippen LogP contribution in [-0.2, 0) is 17.4 Å². The minimum absolute atomic E-state index is 0.162. The number of hydrogen-bond donors (Lipinski definition) is 1. The number of nitrogens with two attached hydrogens (primary N) is 1. The van der Waals surface area contributed by atoms with Crippen molar-refractivity contribution >= 4 is 22.4 Å². The Bertz CT molecular complexity index is 577. The van der Waals surface area contributed by atoms with Gasteiger partial charge in [0.2, 0.25) is 0 Å². The van der Waals surface area contributed by atoms with Crippen molar-refractivity contribution in [2.45, 2.75) is 45.0 Å². The van der Waals surface area contributed by atoms with E-state index in [2.05, 4.69) is 9.38 Å². The maximum atomic E-state index is 12.4. The minimum Gasteiger partial charge on any atom is -0.399 e. The first kappa shape index (κ1) is 17.6. The third-order valence-corrected chi connectivity index (χ3v) is 3.88. The summed E-state index contributed by atoms with van der Waals surface area (Å²) in [5.74, 6) is 0. The Morgan fingerprint density at radius 1 is 1.33 bits per heavy atom. The van der Waals surface area contributed by atoms with Crippen molar-refractivity contribution in [3.8, 4) is 0 Å². The number of pyridine rings is 1. The Labute approximate surface area is 124 Å². The van der Waals surface area contributed by atoms with Gasteiger partial charge in [0, 0.05) is 5.69 Å². The maximum Gasteiger partial charge on any atom is 0.394 e. The molecule has 2 N–H and O–H groups in total. The predicted octanol–water partition coefficient (Wildman–Crippen LogP) is 3.04. The summed E-state index contributed by atoms with van der Waals surface area (Å²) in [7, 11) is -1.52. The number of alkyl halides is 3. The van der Waals surface area contributed by atoms with E-state index < -0.39 is 28.3 Å². The molecule has 0 unspecified atom stereocenters. The summed E-state index contributed by atoms with van der Waals surface area (Å²) in [6.45, 7) is 6.80. The van der Waals surface area contributed by atoms with Gasteiger partial charge >= 0.3 is 6.18 Å². The van der Waals surface area contributed by atoms with Gasteiger partial charge in [-0.15, -0.1) is 0 Å². The molecular formula is C13H18F3N3OS. The largest absolute Gasteiger partial charge is 0.399 e. The van der Waals surface area contributed by atoms with Crippen molar-refractivity contribution in [3.63, 3.8) is 0 Å². The zero-order chi connectivity index (χ0) is 16.4. The fourth-order valence-corrected chi connectivity index (χ4v) is 2.02. The van der Waals surface area contributed by atoms with Crippen LogP contribution in [0, 0.1) is 0 Å². The highest BCUT2D eigenvalue weighted by molar-refractivity contribution is 7.85. The van der Waals surface area contributed by atoms with E-state index in [0.29, 0.717) is 5.71 Å². The van der Waals surface area contributed by atoms with Gasteiger partial charge in [0.1, 0.15) is 11.0 Å². The summed E-state index contributed by atoms with van der Waals surface area (Å²) in [6, 6.07) is 2.59. The van der Waals surface area contributed by atoms with Crippen molar-refractivity contribution in [2.75, 3.05) is 5.73 Å². The smallest absolute Gasteiger partial charge is 0.394 e. The molecule has 0 aliphatic heterocycles. The molecule has 0 aliphatic rings. The first-order chi connectivity index (χ1) is 9.38. The average molecular weight is 321 g/mol. The molecule has 0 fully saturated rings. The van der Waals surface area contributed by atoms with E-state index in [1.165, 1.54) is 12.1 Å². The summed E-state index contributed by atoms with van der Waals surface area (Å²) in [4.78, 5) is 3.89. The zero-order valence-corrected chi connectivity index (χ0v) is 13.1. The average Bonchev–Trinajstić information content (AvgIpc) is 2.24. The number of aromatic nitrogens is 1. The fraction of sp³-hybridized carbons (Fsp3) is 0.538. The number of anilines is 1. The molecule has 0 amide bonds. The second kappa shape index (κ2) is 6.13. The molecule has 0 radical (unpaired) electrons. The lowest BCUT2D eigenvalue weighted by Crippen LogP contribution is -2.21. The quantitative estimate of drug-likeness (QED) is 0.870. The summed E-state index contributed by atoms with van der Waals surface area (Å²) in [5.41, 5.74) is 6.06. The van der Waals surface area contributed by atoms with E-state index in [1.54, 1.807) is 27.7 Å². The third-order valence-electron chi connectivity index (χ3n) is 2.40. The number of hydrogen-bond acceptors (Lipinski definition) is 3. The van der Waals surface area contributed by atoms with Crippen LogP contribution in [-0.4, -0.2) is 25.8 Å². The van der Waals surface area contributed by atoms with E-state index in [4.69, 9.17) is 5.73 Å². The van der Waals surface area contributed by atoms with Crippen molar-refractivity contribution in [3.05, 3.63) is 23.5 Å². The van der Waals surface area contributed by atoms with Crippen LogP contribution in [0.25, 0.3) is 0 Å². The van der Waals surface area contributed by atoms with Gasteiger partial charge in [-0.1, -0.05) is 0 Å². The topological polar surface area (TPSA) is 68.3 Å². The lowest BCUT2D eigenvalue weighted by atomic mass is 10.2. The molecular weight excluding hydrogens is 303 g/mol. The molecule has 0 saturated heterocycles. The minimum atomic E-state index is -4.36. The normalized spacial score (nSPS) is 15.1. The van der Waals surface area contributed by atoms with Gasteiger partial charge in [0.15, 0.2) is 0 Å². The molecule has 0 bridgehead atoms. The molecule has 118 valence electrons. The first-order valence-corrected chi connectivity index (χ1v) is 7.30. The van der Waals surface area contributed by atoms with E-state index in [1.807, 2.05) is 0 Å². The molecule has 0 aromatic carbocycles. The Kier molecular flexibility index (Phi) is 5.14. The molecule has 1 atom stereocenters. The fourth-order valence-electron chi connectivity index (χ4n) is 1.40. The highest BCUT2D eigenvalue weighted by Gasteiger charge is 2.29. The molecule has 0 spiro atoms. The number of nitrogen functional groups attached to an aromatic ring is 1. The van der Waals surface area contributed by atoms with E-state index in [9.17, 15) is 17.4 Å². The second-order valence-electron chi connectivity index (χ2n) is 5.61. The zero-order valence-electron chi connectivity index (χ0n) is 12.3. The number of nitrogens with zero attached hydrogens (tertiary/aromatic N) is 2. The third kappa shape index (κ3) is 5.82. The molecule has 1 aromatic heterocycles. The Morgan fingerprint density at radius 3 is 2.38 bits per heavy atom. The van der Waals surface area contributed by atoms with Crippen LogP contribution in [0.1, 0.15) is 39.1 Å². The summed E-state index contributed by atoms with van der Waals surface area (Å²) in [5, 5.41) is 0. The molecule has 8 heteroatoms. The van der Waals surface area contributed by atoms with Crippen molar-refractivity contribution in [2.24, 2.45) is 4.40 Å². The molecule has 0 aliphatic carbocycles. The number of halogens is 3. The van der Waals surface area contributed by atoms with Crippen molar-refractivity contribution in [1.29, 1.82) is 0 Å². The monoisotopic (exact) mass is 321 g/mol. The highest BCUT2D eigenvalue weighted by Crippen LogP contribution is 2.22. The van der Waals surface area contributed by atoms with Crippen LogP contribution >= 0.6 is 0 Å². The lowest BCUT2D eigenvalue weighted by Gasteiger charge is -2.14. The van der Waals surface area contributed by atoms with Gasteiger partial charge in [-0.05, 0) is 39.8 Å².